The van der Waals surface area contributed by atoms with E-state index in [4.69, 9.17) is 18.0 Å². The van der Waals surface area contributed by atoms with Crippen molar-refractivity contribution in [3.63, 3.8) is 0 Å². The molecule has 0 aliphatic carbocycles. The molecule has 1 amide bonds. The van der Waals surface area contributed by atoms with Gasteiger partial charge in [0.25, 0.3) is 5.91 Å². The summed E-state index contributed by atoms with van der Waals surface area (Å²) >= 11 is 5.96. The van der Waals surface area contributed by atoms with E-state index < -0.39 is 0 Å². The van der Waals surface area contributed by atoms with Gasteiger partial charge in [-0.25, -0.2) is 0 Å². The predicted molar refractivity (Wildman–Crippen MR) is 79.6 cm³/mol. The van der Waals surface area contributed by atoms with E-state index in [1.807, 2.05) is 6.92 Å². The van der Waals surface area contributed by atoms with Crippen LogP contribution in [0.25, 0.3) is 0 Å². The van der Waals surface area contributed by atoms with E-state index in [1.54, 1.807) is 24.3 Å². The molecule has 0 saturated heterocycles. The van der Waals surface area contributed by atoms with Gasteiger partial charge in [-0.3, -0.25) is 4.79 Å². The number of carbonyl (C=O) groups excluding carboxylic acids is 1. The van der Waals surface area contributed by atoms with Crippen molar-refractivity contribution in [3.8, 4) is 0 Å². The predicted octanol–water partition coefficient (Wildman–Crippen LogP) is 1.99. The highest BCUT2D eigenvalue weighted by atomic mass is 32.1. The van der Waals surface area contributed by atoms with Crippen LogP contribution in [0.1, 0.15) is 27.9 Å². The lowest BCUT2D eigenvalue weighted by Gasteiger charge is -2.05. The van der Waals surface area contributed by atoms with Crippen molar-refractivity contribution >= 4 is 40.3 Å². The smallest absolute Gasteiger partial charge is 0.269 e. The molecular weight excluding hydrogens is 280 g/mol. The van der Waals surface area contributed by atoms with Crippen LogP contribution >= 0.6 is 23.8 Å². The first-order valence-electron chi connectivity index (χ1n) is 5.64. The Kier molecular flexibility index (Phi) is 4.18. The number of nitrogens with two attached hydrogens (primary N) is 1. The van der Waals surface area contributed by atoms with E-state index in [0.29, 0.717) is 27.7 Å². The Balaban J connectivity index is 2.13. The van der Waals surface area contributed by atoms with Crippen molar-refractivity contribution in [2.75, 3.05) is 5.32 Å². The van der Waals surface area contributed by atoms with Crippen LogP contribution in [-0.2, 0) is 6.42 Å². The molecule has 3 N–H and O–H groups in total. The highest BCUT2D eigenvalue weighted by molar-refractivity contribution is 7.80. The number of rotatable bonds is 4. The molecule has 1 aromatic heterocycles. The van der Waals surface area contributed by atoms with Gasteiger partial charge < -0.3 is 11.1 Å². The van der Waals surface area contributed by atoms with Gasteiger partial charge >= 0.3 is 0 Å². The highest BCUT2D eigenvalue weighted by Crippen LogP contribution is 2.15. The zero-order valence-electron chi connectivity index (χ0n) is 10.2. The molecular formula is C12H12N4OS2. The number of hydrogen-bond donors (Lipinski definition) is 2. The number of aryl methyl sites for hydroxylation is 1. The van der Waals surface area contributed by atoms with Crippen molar-refractivity contribution in [2.45, 2.75) is 13.3 Å². The van der Waals surface area contributed by atoms with Crippen molar-refractivity contribution < 1.29 is 4.79 Å². The molecule has 2 rings (SSSR count). The van der Waals surface area contributed by atoms with Crippen LogP contribution in [0.4, 0.5) is 5.69 Å². The van der Waals surface area contributed by atoms with Crippen LogP contribution in [0.3, 0.4) is 0 Å². The molecule has 0 unspecified atom stereocenters. The Hall–Kier alpha value is -1.86. The van der Waals surface area contributed by atoms with Crippen LogP contribution in [0.15, 0.2) is 24.3 Å². The zero-order valence-corrected chi connectivity index (χ0v) is 11.8. The Morgan fingerprint density at radius 2 is 2.11 bits per heavy atom. The van der Waals surface area contributed by atoms with Gasteiger partial charge in [0, 0.05) is 11.3 Å². The molecule has 7 heteroatoms. The number of nitrogens with zero attached hydrogens (tertiary/aromatic N) is 2. The molecule has 98 valence electrons. The fourth-order valence-corrected chi connectivity index (χ4v) is 2.30. The van der Waals surface area contributed by atoms with Gasteiger partial charge in [0.1, 0.15) is 9.87 Å². The fraction of sp³-hybridized carbons (Fsp3) is 0.167. The summed E-state index contributed by atoms with van der Waals surface area (Å²) in [4.78, 5) is 12.9. The minimum atomic E-state index is -0.199. The largest absolute Gasteiger partial charge is 0.389 e. The van der Waals surface area contributed by atoms with Crippen LogP contribution in [0, 0.1) is 0 Å². The van der Waals surface area contributed by atoms with Crippen molar-refractivity contribution in [3.05, 3.63) is 40.4 Å². The van der Waals surface area contributed by atoms with E-state index in [9.17, 15) is 4.79 Å². The Labute approximate surface area is 120 Å². The van der Waals surface area contributed by atoms with Gasteiger partial charge in [0.05, 0.1) is 5.69 Å². The van der Waals surface area contributed by atoms with Gasteiger partial charge in [0.15, 0.2) is 0 Å². The molecule has 0 fully saturated rings. The van der Waals surface area contributed by atoms with E-state index in [0.717, 1.165) is 17.1 Å². The van der Waals surface area contributed by atoms with E-state index in [-0.39, 0.29) is 5.91 Å². The topological polar surface area (TPSA) is 80.9 Å². The minimum absolute atomic E-state index is 0.199. The molecule has 0 bridgehead atoms. The molecule has 0 aliphatic heterocycles. The monoisotopic (exact) mass is 292 g/mol. The van der Waals surface area contributed by atoms with Gasteiger partial charge in [0.2, 0.25) is 0 Å². The first-order valence-corrected chi connectivity index (χ1v) is 6.82. The lowest BCUT2D eigenvalue weighted by Crippen LogP contribution is -2.13. The number of anilines is 1. The number of benzene rings is 1. The molecule has 1 heterocycles. The van der Waals surface area contributed by atoms with Gasteiger partial charge in [-0.1, -0.05) is 23.6 Å². The minimum Gasteiger partial charge on any atom is -0.389 e. The number of thiocarbonyl (C=S) groups is 1. The Bertz CT molecular complexity index is 606. The Morgan fingerprint density at radius 3 is 2.68 bits per heavy atom. The summed E-state index contributed by atoms with van der Waals surface area (Å²) in [5.74, 6) is -0.199. The number of aromatic nitrogens is 2. The summed E-state index contributed by atoms with van der Waals surface area (Å²) in [7, 11) is 0. The fourth-order valence-electron chi connectivity index (χ4n) is 1.52. The number of carbonyl (C=O) groups is 1. The van der Waals surface area contributed by atoms with E-state index in [1.165, 1.54) is 0 Å². The average molecular weight is 292 g/mol. The van der Waals surface area contributed by atoms with Crippen LogP contribution in [-0.4, -0.2) is 20.5 Å². The second-order valence-electron chi connectivity index (χ2n) is 3.80. The molecule has 5 nitrogen and oxygen atoms in total. The molecule has 1 aromatic carbocycles. The molecule has 2 aromatic rings. The lowest BCUT2D eigenvalue weighted by molar-refractivity contribution is 0.102. The van der Waals surface area contributed by atoms with Crippen LogP contribution in [0.5, 0.6) is 0 Å². The third kappa shape index (κ3) is 3.12. The molecule has 0 aliphatic rings. The van der Waals surface area contributed by atoms with Gasteiger partial charge in [-0.2, -0.15) is 0 Å². The summed E-state index contributed by atoms with van der Waals surface area (Å²) in [6, 6.07) is 7.05. The number of amides is 1. The van der Waals surface area contributed by atoms with Crippen molar-refractivity contribution in [1.82, 2.24) is 9.59 Å². The molecule has 0 radical (unpaired) electrons. The quantitative estimate of drug-likeness (QED) is 0.842. The second kappa shape index (κ2) is 5.85. The first kappa shape index (κ1) is 13.6. The highest BCUT2D eigenvalue weighted by Gasteiger charge is 2.14. The molecule has 0 atom stereocenters. The summed E-state index contributed by atoms with van der Waals surface area (Å²) in [6.45, 7) is 1.94. The maximum atomic E-state index is 12.0. The summed E-state index contributed by atoms with van der Waals surface area (Å²) in [6.07, 6.45) is 0.680. The maximum Gasteiger partial charge on any atom is 0.269 e. The van der Waals surface area contributed by atoms with E-state index >= 15 is 0 Å². The van der Waals surface area contributed by atoms with E-state index in [2.05, 4.69) is 14.9 Å². The molecule has 0 spiro atoms. The number of hydrogen-bond acceptors (Lipinski definition) is 5. The Morgan fingerprint density at radius 1 is 1.42 bits per heavy atom. The molecule has 0 saturated carbocycles. The number of nitrogens with one attached hydrogen (secondary N) is 1. The molecule has 19 heavy (non-hydrogen) atoms. The lowest BCUT2D eigenvalue weighted by atomic mass is 10.2. The van der Waals surface area contributed by atoms with Crippen molar-refractivity contribution in [1.29, 1.82) is 0 Å². The second-order valence-corrected chi connectivity index (χ2v) is 4.99. The third-order valence-corrected chi connectivity index (χ3v) is 3.53. The van der Waals surface area contributed by atoms with Crippen LogP contribution in [0.2, 0.25) is 0 Å². The standard InChI is InChI=1S/C12H12N4OS2/c1-2-9-10(19-16-15-9)12(17)14-8-5-3-7(4-6-8)11(13)18/h3-6H,2H2,1H3,(H2,13,18)(H,14,17). The third-order valence-electron chi connectivity index (χ3n) is 2.52. The van der Waals surface area contributed by atoms with Crippen molar-refractivity contribution in [2.24, 2.45) is 5.73 Å². The maximum absolute atomic E-state index is 12.0. The van der Waals surface area contributed by atoms with Crippen LogP contribution < -0.4 is 11.1 Å². The summed E-state index contributed by atoms with van der Waals surface area (Å²) in [5, 5.41) is 6.70. The summed E-state index contributed by atoms with van der Waals surface area (Å²) in [5.41, 5.74) is 7.67. The SMILES string of the molecule is CCc1nnsc1C(=O)Nc1ccc(C(N)=S)cc1. The first-order chi connectivity index (χ1) is 9.11. The average Bonchev–Trinajstić information content (AvgIpc) is 2.87. The summed E-state index contributed by atoms with van der Waals surface area (Å²) < 4.78 is 3.79. The normalized spacial score (nSPS) is 10.2. The van der Waals surface area contributed by atoms with Gasteiger partial charge in [-0.05, 0) is 42.2 Å². The zero-order chi connectivity index (χ0) is 13.8. The van der Waals surface area contributed by atoms with Gasteiger partial charge in [-0.15, -0.1) is 5.10 Å².